The van der Waals surface area contributed by atoms with Crippen LogP contribution in [0.2, 0.25) is 0 Å². The van der Waals surface area contributed by atoms with Crippen molar-refractivity contribution in [2.45, 2.75) is 26.9 Å². The van der Waals surface area contributed by atoms with Crippen molar-refractivity contribution in [1.29, 1.82) is 0 Å². The predicted molar refractivity (Wildman–Crippen MR) is 52.7 cm³/mol. The number of hydrogen-bond donors (Lipinski definition) is 0. The van der Waals surface area contributed by atoms with E-state index in [2.05, 4.69) is 19.1 Å². The lowest BCUT2D eigenvalue weighted by Crippen LogP contribution is -2.09. The molecule has 0 saturated heterocycles. The number of hydrogen-bond acceptors (Lipinski definition) is 1. The standard InChI is InChI=1S/C8H8BO.C2H6/c1-6-7-4-2-3-5-8(7)9-10-6;1-2/h2-6H,1H3;1-2H3. The summed E-state index contributed by atoms with van der Waals surface area (Å²) in [6.07, 6.45) is 0.246. The van der Waals surface area contributed by atoms with Crippen molar-refractivity contribution in [2.24, 2.45) is 0 Å². The molecular formula is C10H14BO. The summed E-state index contributed by atoms with van der Waals surface area (Å²) in [6.45, 7) is 6.06. The van der Waals surface area contributed by atoms with Crippen LogP contribution in [0.15, 0.2) is 24.3 Å². The molecule has 0 fully saturated rings. The van der Waals surface area contributed by atoms with Crippen LogP contribution in [0.5, 0.6) is 0 Å². The molecule has 1 unspecified atom stereocenters. The Morgan fingerprint density at radius 2 is 1.92 bits per heavy atom. The van der Waals surface area contributed by atoms with Gasteiger partial charge in [-0.15, -0.1) is 0 Å². The second-order valence-corrected chi connectivity index (χ2v) is 2.53. The van der Waals surface area contributed by atoms with Gasteiger partial charge in [0.2, 0.25) is 0 Å². The smallest absolute Gasteiger partial charge is 0.331 e. The second-order valence-electron chi connectivity index (χ2n) is 2.53. The zero-order valence-electron chi connectivity index (χ0n) is 7.87. The molecule has 1 atom stereocenters. The first kappa shape index (κ1) is 9.33. The Kier molecular flexibility index (Phi) is 3.36. The molecule has 1 aliphatic rings. The highest BCUT2D eigenvalue weighted by molar-refractivity contribution is 6.49. The lowest BCUT2D eigenvalue weighted by Gasteiger charge is -2.02. The van der Waals surface area contributed by atoms with Gasteiger partial charge in [0.15, 0.2) is 0 Å². The number of benzene rings is 1. The van der Waals surface area contributed by atoms with E-state index in [9.17, 15) is 0 Å². The van der Waals surface area contributed by atoms with Crippen LogP contribution in [0.1, 0.15) is 32.4 Å². The first-order valence-electron chi connectivity index (χ1n) is 4.45. The Morgan fingerprint density at radius 3 is 2.58 bits per heavy atom. The summed E-state index contributed by atoms with van der Waals surface area (Å²) in [7, 11) is 1.82. The first-order chi connectivity index (χ1) is 5.88. The summed E-state index contributed by atoms with van der Waals surface area (Å²) in [5, 5.41) is 0. The fraction of sp³-hybridized carbons (Fsp3) is 0.400. The van der Waals surface area contributed by atoms with E-state index >= 15 is 0 Å². The SMILES string of the molecule is CC.CC1O[B]c2ccccc21. The average molecular weight is 161 g/mol. The number of rotatable bonds is 0. The molecule has 0 aromatic heterocycles. The van der Waals surface area contributed by atoms with E-state index in [-0.39, 0.29) is 6.10 Å². The van der Waals surface area contributed by atoms with Gasteiger partial charge in [0.1, 0.15) is 0 Å². The Hall–Kier alpha value is -0.755. The summed E-state index contributed by atoms with van der Waals surface area (Å²) in [5.74, 6) is 0. The maximum absolute atomic E-state index is 5.30. The van der Waals surface area contributed by atoms with Crippen LogP contribution in [-0.4, -0.2) is 7.48 Å². The van der Waals surface area contributed by atoms with Crippen molar-refractivity contribution in [1.82, 2.24) is 0 Å². The molecule has 12 heavy (non-hydrogen) atoms. The van der Waals surface area contributed by atoms with Crippen molar-refractivity contribution in [3.8, 4) is 0 Å². The lowest BCUT2D eigenvalue weighted by atomic mass is 9.87. The molecule has 0 N–H and O–H groups in total. The first-order valence-corrected chi connectivity index (χ1v) is 4.45. The zero-order chi connectivity index (χ0) is 8.97. The molecule has 0 saturated carbocycles. The summed E-state index contributed by atoms with van der Waals surface area (Å²) < 4.78 is 5.30. The van der Waals surface area contributed by atoms with Crippen molar-refractivity contribution < 1.29 is 4.65 Å². The topological polar surface area (TPSA) is 9.23 Å². The van der Waals surface area contributed by atoms with Gasteiger partial charge in [-0.05, 0) is 17.9 Å². The molecule has 63 valence electrons. The maximum atomic E-state index is 5.30. The maximum Gasteiger partial charge on any atom is 0.331 e. The molecule has 0 amide bonds. The molecule has 1 aromatic carbocycles. The largest absolute Gasteiger partial charge is 0.428 e. The van der Waals surface area contributed by atoms with Gasteiger partial charge in [-0.25, -0.2) is 0 Å². The Balaban J connectivity index is 0.000000336. The molecule has 2 rings (SSSR count). The van der Waals surface area contributed by atoms with Gasteiger partial charge in [0.25, 0.3) is 0 Å². The Morgan fingerprint density at radius 1 is 1.25 bits per heavy atom. The molecule has 1 heterocycles. The predicted octanol–water partition coefficient (Wildman–Crippen LogP) is 2.05. The summed E-state index contributed by atoms with van der Waals surface area (Å²) in [5.41, 5.74) is 2.51. The van der Waals surface area contributed by atoms with Crippen molar-refractivity contribution >= 4 is 12.9 Å². The quantitative estimate of drug-likeness (QED) is 0.529. The van der Waals surface area contributed by atoms with Gasteiger partial charge >= 0.3 is 7.48 Å². The Bertz CT molecular complexity index is 247. The summed E-state index contributed by atoms with van der Waals surface area (Å²) in [6, 6.07) is 8.23. The fourth-order valence-corrected chi connectivity index (χ4v) is 1.24. The molecule has 2 heteroatoms. The van der Waals surface area contributed by atoms with Crippen molar-refractivity contribution in [3.05, 3.63) is 29.8 Å². The monoisotopic (exact) mass is 161 g/mol. The number of fused-ring (bicyclic) bond motifs is 1. The zero-order valence-corrected chi connectivity index (χ0v) is 7.87. The Labute approximate surface area is 75.0 Å². The minimum atomic E-state index is 0.246. The van der Waals surface area contributed by atoms with Gasteiger partial charge in [-0.3, -0.25) is 0 Å². The molecule has 1 nitrogen and oxygen atoms in total. The van der Waals surface area contributed by atoms with Crippen LogP contribution < -0.4 is 5.46 Å². The molecule has 1 aliphatic heterocycles. The van der Waals surface area contributed by atoms with Crippen molar-refractivity contribution in [3.63, 3.8) is 0 Å². The van der Waals surface area contributed by atoms with Gasteiger partial charge in [0, 0.05) is 0 Å². The molecule has 1 radical (unpaired) electrons. The third kappa shape index (κ3) is 1.70. The third-order valence-corrected chi connectivity index (χ3v) is 1.83. The molecule has 1 aromatic rings. The van der Waals surface area contributed by atoms with E-state index < -0.39 is 0 Å². The minimum absolute atomic E-state index is 0.246. The average Bonchev–Trinajstić information content (AvgIpc) is 2.53. The van der Waals surface area contributed by atoms with Crippen molar-refractivity contribution in [2.75, 3.05) is 0 Å². The van der Waals surface area contributed by atoms with E-state index in [1.165, 1.54) is 11.0 Å². The highest BCUT2D eigenvalue weighted by Crippen LogP contribution is 2.18. The van der Waals surface area contributed by atoms with E-state index in [1.807, 2.05) is 33.5 Å². The van der Waals surface area contributed by atoms with Gasteiger partial charge < -0.3 is 4.65 Å². The summed E-state index contributed by atoms with van der Waals surface area (Å²) >= 11 is 0. The van der Waals surface area contributed by atoms with E-state index in [0.717, 1.165) is 0 Å². The van der Waals surface area contributed by atoms with E-state index in [1.54, 1.807) is 0 Å². The van der Waals surface area contributed by atoms with Gasteiger partial charge in [-0.1, -0.05) is 38.1 Å². The molecule has 0 spiro atoms. The van der Waals surface area contributed by atoms with Crippen LogP contribution >= 0.6 is 0 Å². The van der Waals surface area contributed by atoms with Gasteiger partial charge in [-0.2, -0.15) is 0 Å². The van der Waals surface area contributed by atoms with Crippen LogP contribution in [0.3, 0.4) is 0 Å². The molecular weight excluding hydrogens is 147 g/mol. The van der Waals surface area contributed by atoms with Crippen LogP contribution in [0.25, 0.3) is 0 Å². The van der Waals surface area contributed by atoms with Crippen LogP contribution in [0, 0.1) is 0 Å². The van der Waals surface area contributed by atoms with Crippen LogP contribution in [0.4, 0.5) is 0 Å². The molecule has 0 aliphatic carbocycles. The highest BCUT2D eigenvalue weighted by Gasteiger charge is 2.18. The van der Waals surface area contributed by atoms with E-state index in [4.69, 9.17) is 4.65 Å². The minimum Gasteiger partial charge on any atom is -0.428 e. The van der Waals surface area contributed by atoms with E-state index in [0.29, 0.717) is 0 Å². The molecule has 0 bridgehead atoms. The highest BCUT2D eigenvalue weighted by atomic mass is 16.4. The van der Waals surface area contributed by atoms with Crippen LogP contribution in [-0.2, 0) is 4.65 Å². The normalized spacial score (nSPS) is 18.8. The fourth-order valence-electron chi connectivity index (χ4n) is 1.24. The summed E-state index contributed by atoms with van der Waals surface area (Å²) in [4.78, 5) is 0. The second kappa shape index (κ2) is 4.32. The lowest BCUT2D eigenvalue weighted by molar-refractivity contribution is 0.258. The third-order valence-electron chi connectivity index (χ3n) is 1.83. The van der Waals surface area contributed by atoms with Gasteiger partial charge in [0.05, 0.1) is 6.10 Å².